The highest BCUT2D eigenvalue weighted by atomic mass is 14.7. The molecule has 0 saturated carbocycles. The van der Waals surface area contributed by atoms with Crippen LogP contribution in [0.15, 0.2) is 54.6 Å². The van der Waals surface area contributed by atoms with Gasteiger partial charge in [-0.1, -0.05) is 64.1 Å². The Morgan fingerprint density at radius 2 is 1.79 bits per heavy atom. The van der Waals surface area contributed by atoms with Crippen LogP contribution in [-0.4, -0.2) is 4.98 Å². The molecule has 0 fully saturated rings. The normalized spacial score (nSPS) is 18.3. The van der Waals surface area contributed by atoms with E-state index in [-0.39, 0.29) is 5.41 Å². The first-order valence-electron chi connectivity index (χ1n) is 8.87. The Labute approximate surface area is 144 Å². The molecule has 122 valence electrons. The van der Waals surface area contributed by atoms with Crippen molar-refractivity contribution >= 4 is 27.4 Å². The minimum Gasteiger partial charge on any atom is -0.354 e. The van der Waals surface area contributed by atoms with Crippen LogP contribution in [0, 0.1) is 5.92 Å². The fourth-order valence-electron chi connectivity index (χ4n) is 3.68. The van der Waals surface area contributed by atoms with E-state index in [1.165, 1.54) is 38.5 Å². The number of para-hydroxylation sites is 1. The number of aromatic nitrogens is 1. The van der Waals surface area contributed by atoms with E-state index < -0.39 is 0 Å². The molecule has 1 nitrogen and oxygen atoms in total. The standard InChI is InChI=1S/C23H25N/c1-15-9-11-16(12-10-15)18-14-22-19(13-20(18)23(2,3)4)17-7-5-6-8-21(17)24-22/h5-9,11-15,24H,10H2,1-4H3. The molecule has 1 aliphatic rings. The van der Waals surface area contributed by atoms with Crippen LogP contribution in [0.4, 0.5) is 0 Å². The van der Waals surface area contributed by atoms with Gasteiger partial charge in [0.05, 0.1) is 0 Å². The Morgan fingerprint density at radius 3 is 2.50 bits per heavy atom. The van der Waals surface area contributed by atoms with Crippen molar-refractivity contribution in [1.82, 2.24) is 4.98 Å². The SMILES string of the molecule is CC1C=CC(c2cc3[nH]c4ccccc4c3cc2C(C)(C)C)=CC1. The van der Waals surface area contributed by atoms with Crippen LogP contribution in [0.5, 0.6) is 0 Å². The minimum absolute atomic E-state index is 0.111. The van der Waals surface area contributed by atoms with Crippen molar-refractivity contribution in [2.75, 3.05) is 0 Å². The maximum absolute atomic E-state index is 3.59. The molecule has 0 amide bonds. The third-order valence-electron chi connectivity index (χ3n) is 5.08. The second kappa shape index (κ2) is 5.37. The highest BCUT2D eigenvalue weighted by Crippen LogP contribution is 2.38. The molecule has 0 spiro atoms. The van der Waals surface area contributed by atoms with Crippen molar-refractivity contribution in [3.8, 4) is 0 Å². The summed E-state index contributed by atoms with van der Waals surface area (Å²) in [6.45, 7) is 9.20. The predicted molar refractivity (Wildman–Crippen MR) is 105 cm³/mol. The molecule has 3 aromatic rings. The van der Waals surface area contributed by atoms with Gasteiger partial charge in [0, 0.05) is 21.8 Å². The van der Waals surface area contributed by atoms with Gasteiger partial charge >= 0.3 is 0 Å². The Bertz CT molecular complexity index is 976. The second-order valence-corrected chi connectivity index (χ2v) is 8.10. The quantitative estimate of drug-likeness (QED) is 0.521. The molecule has 1 aliphatic carbocycles. The zero-order valence-electron chi connectivity index (χ0n) is 15.0. The molecule has 4 rings (SSSR count). The van der Waals surface area contributed by atoms with Crippen LogP contribution < -0.4 is 0 Å². The maximum Gasteiger partial charge on any atom is 0.0471 e. The summed E-state index contributed by atoms with van der Waals surface area (Å²) in [5, 5.41) is 2.64. The van der Waals surface area contributed by atoms with Crippen molar-refractivity contribution in [3.63, 3.8) is 0 Å². The molecule has 0 aliphatic heterocycles. The van der Waals surface area contributed by atoms with Gasteiger partial charge in [-0.25, -0.2) is 0 Å². The lowest BCUT2D eigenvalue weighted by Crippen LogP contribution is -2.14. The van der Waals surface area contributed by atoms with Gasteiger partial charge in [-0.05, 0) is 52.7 Å². The monoisotopic (exact) mass is 315 g/mol. The fourth-order valence-corrected chi connectivity index (χ4v) is 3.68. The van der Waals surface area contributed by atoms with Gasteiger partial charge in [0.1, 0.15) is 0 Å². The summed E-state index contributed by atoms with van der Waals surface area (Å²) in [4.78, 5) is 3.59. The van der Waals surface area contributed by atoms with Crippen molar-refractivity contribution in [2.45, 2.75) is 39.5 Å². The molecule has 1 unspecified atom stereocenters. The zero-order valence-corrected chi connectivity index (χ0v) is 15.0. The second-order valence-electron chi connectivity index (χ2n) is 8.10. The highest BCUT2D eigenvalue weighted by Gasteiger charge is 2.22. The van der Waals surface area contributed by atoms with Crippen LogP contribution in [0.1, 0.15) is 45.2 Å². The number of aromatic amines is 1. The first kappa shape index (κ1) is 15.3. The summed E-state index contributed by atoms with van der Waals surface area (Å²) >= 11 is 0. The number of fused-ring (bicyclic) bond motifs is 3. The van der Waals surface area contributed by atoms with E-state index in [9.17, 15) is 0 Å². The average molecular weight is 315 g/mol. The van der Waals surface area contributed by atoms with Crippen LogP contribution in [0.3, 0.4) is 0 Å². The van der Waals surface area contributed by atoms with Gasteiger partial charge in [-0.3, -0.25) is 0 Å². The summed E-state index contributed by atoms with van der Waals surface area (Å²) < 4.78 is 0. The summed E-state index contributed by atoms with van der Waals surface area (Å²) in [6, 6.07) is 13.3. The Hall–Kier alpha value is -2.28. The maximum atomic E-state index is 3.59. The van der Waals surface area contributed by atoms with Gasteiger partial charge in [-0.2, -0.15) is 0 Å². The molecule has 1 N–H and O–H groups in total. The number of allylic oxidation sites excluding steroid dienone is 4. The molecular weight excluding hydrogens is 290 g/mol. The Morgan fingerprint density at radius 1 is 1.00 bits per heavy atom. The van der Waals surface area contributed by atoms with E-state index in [1.54, 1.807) is 0 Å². The molecule has 2 aromatic carbocycles. The molecule has 1 atom stereocenters. The van der Waals surface area contributed by atoms with Crippen molar-refractivity contribution in [1.29, 1.82) is 0 Å². The smallest absolute Gasteiger partial charge is 0.0471 e. The molecule has 1 heteroatoms. The molecule has 0 radical (unpaired) electrons. The first-order valence-corrected chi connectivity index (χ1v) is 8.87. The number of H-pyrrole nitrogens is 1. The number of nitrogens with one attached hydrogen (secondary N) is 1. The lowest BCUT2D eigenvalue weighted by Gasteiger charge is -2.25. The van der Waals surface area contributed by atoms with Gasteiger partial charge in [-0.15, -0.1) is 0 Å². The predicted octanol–water partition coefficient (Wildman–Crippen LogP) is 6.60. The molecule has 1 heterocycles. The molecule has 24 heavy (non-hydrogen) atoms. The van der Waals surface area contributed by atoms with Crippen LogP contribution in [-0.2, 0) is 5.41 Å². The molecule has 0 bridgehead atoms. The van der Waals surface area contributed by atoms with Crippen molar-refractivity contribution in [2.24, 2.45) is 5.92 Å². The summed E-state index contributed by atoms with van der Waals surface area (Å²) in [5.41, 5.74) is 6.70. The third kappa shape index (κ3) is 2.49. The number of hydrogen-bond acceptors (Lipinski definition) is 0. The largest absolute Gasteiger partial charge is 0.354 e. The van der Waals surface area contributed by atoms with E-state index in [0.29, 0.717) is 5.92 Å². The van der Waals surface area contributed by atoms with E-state index >= 15 is 0 Å². The number of benzene rings is 2. The first-order chi connectivity index (χ1) is 11.4. The van der Waals surface area contributed by atoms with Crippen molar-refractivity contribution in [3.05, 3.63) is 65.8 Å². The topological polar surface area (TPSA) is 15.8 Å². The summed E-state index contributed by atoms with van der Waals surface area (Å²) in [7, 11) is 0. The zero-order chi connectivity index (χ0) is 16.9. The minimum atomic E-state index is 0.111. The van der Waals surface area contributed by atoms with Gasteiger partial charge in [0.15, 0.2) is 0 Å². The van der Waals surface area contributed by atoms with Gasteiger partial charge in [0.2, 0.25) is 0 Å². The molecule has 1 aromatic heterocycles. The van der Waals surface area contributed by atoms with E-state index in [1.807, 2.05) is 0 Å². The fraction of sp³-hybridized carbons (Fsp3) is 0.304. The van der Waals surface area contributed by atoms with Crippen LogP contribution in [0.2, 0.25) is 0 Å². The lowest BCUT2D eigenvalue weighted by atomic mass is 9.79. The van der Waals surface area contributed by atoms with Crippen molar-refractivity contribution < 1.29 is 0 Å². The van der Waals surface area contributed by atoms with Crippen LogP contribution >= 0.6 is 0 Å². The summed E-state index contributed by atoms with van der Waals surface area (Å²) in [5.74, 6) is 0.642. The Kier molecular flexibility index (Phi) is 3.42. The third-order valence-corrected chi connectivity index (χ3v) is 5.08. The molecular formula is C23H25N. The van der Waals surface area contributed by atoms with E-state index in [0.717, 1.165) is 6.42 Å². The molecule has 0 saturated heterocycles. The van der Waals surface area contributed by atoms with E-state index in [2.05, 4.69) is 87.3 Å². The van der Waals surface area contributed by atoms with Gasteiger partial charge < -0.3 is 4.98 Å². The summed E-state index contributed by atoms with van der Waals surface area (Å²) in [6.07, 6.45) is 8.15. The van der Waals surface area contributed by atoms with Gasteiger partial charge in [0.25, 0.3) is 0 Å². The lowest BCUT2D eigenvalue weighted by molar-refractivity contribution is 0.589. The van der Waals surface area contributed by atoms with Crippen LogP contribution in [0.25, 0.3) is 27.4 Å². The number of rotatable bonds is 1. The van der Waals surface area contributed by atoms with E-state index in [4.69, 9.17) is 0 Å². The highest BCUT2D eigenvalue weighted by molar-refractivity contribution is 6.08. The number of hydrogen-bond donors (Lipinski definition) is 1. The Balaban J connectivity index is 2.01. The average Bonchev–Trinajstić information content (AvgIpc) is 2.91.